The molecule has 0 aromatic heterocycles. The van der Waals surface area contributed by atoms with E-state index in [1.54, 1.807) is 12.1 Å². The van der Waals surface area contributed by atoms with Crippen molar-refractivity contribution in [2.24, 2.45) is 5.92 Å². The second kappa shape index (κ2) is 7.38. The monoisotopic (exact) mass is 310 g/mol. The minimum atomic E-state index is -3.36. The second-order valence-corrected chi connectivity index (χ2v) is 7.86. The summed E-state index contributed by atoms with van der Waals surface area (Å²) < 4.78 is 26.9. The molecule has 1 fully saturated rings. The van der Waals surface area contributed by atoms with Crippen LogP contribution in [0.5, 0.6) is 0 Å². The van der Waals surface area contributed by atoms with Gasteiger partial charge in [0, 0.05) is 6.54 Å². The fourth-order valence-electron chi connectivity index (χ4n) is 2.60. The van der Waals surface area contributed by atoms with Gasteiger partial charge in [-0.25, -0.2) is 13.1 Å². The van der Waals surface area contributed by atoms with Crippen LogP contribution in [0.3, 0.4) is 0 Å². The molecule has 0 spiro atoms. The molecule has 0 radical (unpaired) electrons. The summed E-state index contributed by atoms with van der Waals surface area (Å²) in [5.41, 5.74) is 1.06. The van der Waals surface area contributed by atoms with Crippen molar-refractivity contribution in [1.82, 2.24) is 9.62 Å². The fourth-order valence-corrected chi connectivity index (χ4v) is 3.67. The topological polar surface area (TPSA) is 49.4 Å². The first-order valence-corrected chi connectivity index (χ1v) is 9.24. The number of sulfonamides is 1. The summed E-state index contributed by atoms with van der Waals surface area (Å²) in [5, 5.41) is 0. The van der Waals surface area contributed by atoms with E-state index >= 15 is 0 Å². The van der Waals surface area contributed by atoms with Crippen LogP contribution >= 0.6 is 0 Å². The minimum absolute atomic E-state index is 0.347. The van der Waals surface area contributed by atoms with Crippen LogP contribution < -0.4 is 4.72 Å². The number of piperidine rings is 1. The van der Waals surface area contributed by atoms with E-state index in [1.807, 2.05) is 19.1 Å². The third kappa shape index (κ3) is 5.09. The average Bonchev–Trinajstić information content (AvgIpc) is 2.46. The van der Waals surface area contributed by atoms with Crippen LogP contribution in [0.15, 0.2) is 29.2 Å². The van der Waals surface area contributed by atoms with Gasteiger partial charge in [0.25, 0.3) is 0 Å². The summed E-state index contributed by atoms with van der Waals surface area (Å²) in [7, 11) is -3.36. The summed E-state index contributed by atoms with van der Waals surface area (Å²) in [6.07, 6.45) is 3.38. The summed E-state index contributed by atoms with van der Waals surface area (Å²) in [4.78, 5) is 2.78. The molecule has 2 rings (SSSR count). The highest BCUT2D eigenvalue weighted by Crippen LogP contribution is 2.16. The maximum absolute atomic E-state index is 12.1. The van der Waals surface area contributed by atoms with E-state index < -0.39 is 10.0 Å². The van der Waals surface area contributed by atoms with Crippen molar-refractivity contribution in [2.75, 3.05) is 26.2 Å². The quantitative estimate of drug-likeness (QED) is 0.821. The lowest BCUT2D eigenvalue weighted by Crippen LogP contribution is -2.35. The second-order valence-electron chi connectivity index (χ2n) is 6.09. The van der Waals surface area contributed by atoms with E-state index in [4.69, 9.17) is 0 Å². The first-order chi connectivity index (χ1) is 9.97. The van der Waals surface area contributed by atoms with Gasteiger partial charge in [-0.1, -0.05) is 24.6 Å². The van der Waals surface area contributed by atoms with Crippen molar-refractivity contribution < 1.29 is 8.42 Å². The average molecular weight is 310 g/mol. The molecule has 1 aliphatic heterocycles. The van der Waals surface area contributed by atoms with E-state index in [-0.39, 0.29) is 0 Å². The van der Waals surface area contributed by atoms with Crippen LogP contribution in [0.4, 0.5) is 0 Å². The molecule has 0 aliphatic carbocycles. The third-order valence-electron chi connectivity index (χ3n) is 4.15. The van der Waals surface area contributed by atoms with Gasteiger partial charge < -0.3 is 4.90 Å². The molecule has 1 saturated heterocycles. The number of hydrogen-bond donors (Lipinski definition) is 1. The molecule has 118 valence electrons. The number of hydrogen-bond acceptors (Lipinski definition) is 3. The molecule has 1 aliphatic rings. The van der Waals surface area contributed by atoms with Crippen LogP contribution in [0.25, 0.3) is 0 Å². The van der Waals surface area contributed by atoms with Crippen molar-refractivity contribution in [1.29, 1.82) is 0 Å². The molecule has 0 saturated carbocycles. The van der Waals surface area contributed by atoms with Gasteiger partial charge in [-0.3, -0.25) is 0 Å². The summed E-state index contributed by atoms with van der Waals surface area (Å²) in [5.74, 6) is 0.835. The fraction of sp³-hybridized carbons (Fsp3) is 0.625. The van der Waals surface area contributed by atoms with Crippen LogP contribution in [0.1, 0.15) is 31.7 Å². The molecule has 4 nitrogen and oxygen atoms in total. The number of rotatable bonds is 6. The van der Waals surface area contributed by atoms with Gasteiger partial charge in [-0.15, -0.1) is 0 Å². The van der Waals surface area contributed by atoms with Crippen LogP contribution in [-0.2, 0) is 10.0 Å². The van der Waals surface area contributed by atoms with Crippen LogP contribution in [0.2, 0.25) is 0 Å². The Hall–Kier alpha value is -0.910. The van der Waals surface area contributed by atoms with E-state index in [2.05, 4.69) is 16.5 Å². The number of nitrogens with zero attached hydrogens (tertiary/aromatic N) is 1. The molecule has 5 heteroatoms. The van der Waals surface area contributed by atoms with E-state index in [0.29, 0.717) is 11.4 Å². The zero-order valence-corrected chi connectivity index (χ0v) is 13.8. The molecule has 0 unspecified atom stereocenters. The predicted molar refractivity (Wildman–Crippen MR) is 85.8 cm³/mol. The van der Waals surface area contributed by atoms with Crippen molar-refractivity contribution in [3.63, 3.8) is 0 Å². The molecule has 1 heterocycles. The maximum Gasteiger partial charge on any atom is 0.240 e. The largest absolute Gasteiger partial charge is 0.303 e. The molecule has 0 amide bonds. The Bertz CT molecular complexity index is 532. The number of aryl methyl sites for hydroxylation is 1. The van der Waals surface area contributed by atoms with Gasteiger partial charge in [0.1, 0.15) is 0 Å². The first kappa shape index (κ1) is 16.5. The van der Waals surface area contributed by atoms with E-state index in [0.717, 1.165) is 37.5 Å². The third-order valence-corrected chi connectivity index (χ3v) is 5.63. The highest BCUT2D eigenvalue weighted by Gasteiger charge is 2.16. The Morgan fingerprint density at radius 2 is 1.81 bits per heavy atom. The molecule has 0 bridgehead atoms. The van der Waals surface area contributed by atoms with Crippen LogP contribution in [0, 0.1) is 12.8 Å². The molecule has 1 N–H and O–H groups in total. The Kier molecular flexibility index (Phi) is 5.79. The van der Waals surface area contributed by atoms with Crippen LogP contribution in [-0.4, -0.2) is 39.5 Å². The molecule has 0 atom stereocenters. The SMILES string of the molecule is Cc1ccc(S(=O)(=O)NCCCN2CCC(C)CC2)cc1. The number of benzene rings is 1. The Morgan fingerprint density at radius 3 is 2.43 bits per heavy atom. The highest BCUT2D eigenvalue weighted by atomic mass is 32.2. The zero-order chi connectivity index (χ0) is 15.3. The predicted octanol–water partition coefficient (Wildman–Crippen LogP) is 2.40. The Labute approximate surface area is 128 Å². The van der Waals surface area contributed by atoms with Gasteiger partial charge in [-0.2, -0.15) is 0 Å². The lowest BCUT2D eigenvalue weighted by Gasteiger charge is -2.30. The Balaban J connectivity index is 1.73. The van der Waals surface area contributed by atoms with Crippen molar-refractivity contribution in [3.8, 4) is 0 Å². The molecule has 1 aromatic rings. The molecule has 1 aromatic carbocycles. The number of nitrogens with one attached hydrogen (secondary N) is 1. The lowest BCUT2D eigenvalue weighted by atomic mass is 9.99. The summed E-state index contributed by atoms with van der Waals surface area (Å²) in [6.45, 7) is 8.01. The normalized spacial score (nSPS) is 18.0. The zero-order valence-electron chi connectivity index (χ0n) is 13.0. The standard InChI is InChI=1S/C16H26N2O2S/c1-14-4-6-16(7-5-14)21(19,20)17-10-3-11-18-12-8-15(2)9-13-18/h4-7,15,17H,3,8-13H2,1-2H3. The summed E-state index contributed by atoms with van der Waals surface area (Å²) >= 11 is 0. The van der Waals surface area contributed by atoms with Crippen molar-refractivity contribution in [3.05, 3.63) is 29.8 Å². The number of likely N-dealkylation sites (tertiary alicyclic amines) is 1. The maximum atomic E-state index is 12.1. The van der Waals surface area contributed by atoms with Crippen molar-refractivity contribution in [2.45, 2.75) is 38.0 Å². The van der Waals surface area contributed by atoms with Gasteiger partial charge in [0.05, 0.1) is 4.90 Å². The van der Waals surface area contributed by atoms with Gasteiger partial charge in [0.15, 0.2) is 0 Å². The van der Waals surface area contributed by atoms with E-state index in [1.165, 1.54) is 12.8 Å². The summed E-state index contributed by atoms with van der Waals surface area (Å²) in [6, 6.07) is 6.96. The highest BCUT2D eigenvalue weighted by molar-refractivity contribution is 7.89. The van der Waals surface area contributed by atoms with E-state index in [9.17, 15) is 8.42 Å². The lowest BCUT2D eigenvalue weighted by molar-refractivity contribution is 0.191. The molecular weight excluding hydrogens is 284 g/mol. The molecule has 21 heavy (non-hydrogen) atoms. The smallest absolute Gasteiger partial charge is 0.240 e. The molecular formula is C16H26N2O2S. The Morgan fingerprint density at radius 1 is 1.19 bits per heavy atom. The minimum Gasteiger partial charge on any atom is -0.303 e. The van der Waals surface area contributed by atoms with Gasteiger partial charge in [0.2, 0.25) is 10.0 Å². The van der Waals surface area contributed by atoms with Gasteiger partial charge in [-0.05, 0) is 63.9 Å². The van der Waals surface area contributed by atoms with Gasteiger partial charge >= 0.3 is 0 Å². The first-order valence-electron chi connectivity index (χ1n) is 7.76. The van der Waals surface area contributed by atoms with Crippen molar-refractivity contribution >= 4 is 10.0 Å².